The summed E-state index contributed by atoms with van der Waals surface area (Å²) in [6.45, 7) is 1.62. The molecule has 0 heterocycles. The molecule has 0 amide bonds. The third-order valence-electron chi connectivity index (χ3n) is 1.27. The molecule has 0 aromatic heterocycles. The van der Waals surface area contributed by atoms with Crippen LogP contribution in [0.2, 0.25) is 0 Å². The molecule has 0 bridgehead atoms. The first-order chi connectivity index (χ1) is 4.57. The zero-order valence-corrected chi connectivity index (χ0v) is 6.04. The van der Waals surface area contributed by atoms with E-state index in [-0.39, 0.29) is 18.7 Å². The highest BCUT2D eigenvalue weighted by molar-refractivity contribution is 5.82. The number of aliphatic hydroxyl groups is 2. The van der Waals surface area contributed by atoms with Crippen molar-refractivity contribution in [3.8, 4) is 0 Å². The Morgan fingerprint density at radius 2 is 2.10 bits per heavy atom. The van der Waals surface area contributed by atoms with Crippen LogP contribution in [0.1, 0.15) is 13.3 Å². The van der Waals surface area contributed by atoms with Crippen molar-refractivity contribution in [2.24, 2.45) is 5.73 Å². The molecule has 0 saturated heterocycles. The van der Waals surface area contributed by atoms with Gasteiger partial charge in [-0.15, -0.1) is 0 Å². The van der Waals surface area contributed by atoms with Crippen LogP contribution < -0.4 is 5.73 Å². The smallest absolute Gasteiger partial charge is 0.0936 e. The monoisotopic (exact) mass is 146 g/mol. The molecule has 0 rings (SSSR count). The number of nitrogens with one attached hydrogen (secondary N) is 1. The quantitative estimate of drug-likeness (QED) is 0.387. The van der Waals surface area contributed by atoms with E-state index >= 15 is 0 Å². The van der Waals surface area contributed by atoms with E-state index in [2.05, 4.69) is 0 Å². The van der Waals surface area contributed by atoms with Crippen LogP contribution in [-0.4, -0.2) is 34.7 Å². The average Bonchev–Trinajstić information content (AvgIpc) is 1.87. The molecule has 5 N–H and O–H groups in total. The van der Waals surface area contributed by atoms with E-state index < -0.39 is 12.2 Å². The molecule has 0 fully saturated rings. The summed E-state index contributed by atoms with van der Waals surface area (Å²) >= 11 is 0. The summed E-state index contributed by atoms with van der Waals surface area (Å²) in [4.78, 5) is 0. The second-order valence-corrected chi connectivity index (χ2v) is 2.32. The lowest BCUT2D eigenvalue weighted by molar-refractivity contribution is 0.117. The Kier molecular flexibility index (Phi) is 4.18. The fourth-order valence-electron chi connectivity index (χ4n) is 0.531. The van der Waals surface area contributed by atoms with Crippen molar-refractivity contribution in [3.63, 3.8) is 0 Å². The van der Waals surface area contributed by atoms with Gasteiger partial charge in [-0.05, 0) is 6.92 Å². The van der Waals surface area contributed by atoms with Crippen molar-refractivity contribution in [1.29, 1.82) is 5.41 Å². The minimum Gasteiger partial charge on any atom is -0.392 e. The third-order valence-corrected chi connectivity index (χ3v) is 1.27. The minimum absolute atomic E-state index is 0.129. The van der Waals surface area contributed by atoms with Crippen molar-refractivity contribution in [3.05, 3.63) is 0 Å². The van der Waals surface area contributed by atoms with E-state index in [4.69, 9.17) is 21.4 Å². The zero-order chi connectivity index (χ0) is 8.15. The van der Waals surface area contributed by atoms with Crippen LogP contribution in [0.4, 0.5) is 0 Å². The molecule has 0 spiro atoms. The van der Waals surface area contributed by atoms with E-state index in [0.717, 1.165) is 0 Å². The highest BCUT2D eigenvalue weighted by atomic mass is 16.3. The maximum absolute atomic E-state index is 8.99. The van der Waals surface area contributed by atoms with Gasteiger partial charge in [0.15, 0.2) is 0 Å². The maximum Gasteiger partial charge on any atom is 0.0936 e. The number of rotatable bonds is 4. The minimum atomic E-state index is -0.849. The van der Waals surface area contributed by atoms with Crippen molar-refractivity contribution in [1.82, 2.24) is 0 Å². The van der Waals surface area contributed by atoms with Gasteiger partial charge in [0.2, 0.25) is 0 Å². The van der Waals surface area contributed by atoms with E-state index in [9.17, 15) is 0 Å². The first-order valence-corrected chi connectivity index (χ1v) is 3.19. The summed E-state index contributed by atoms with van der Waals surface area (Å²) in [5.41, 5.74) is 5.25. The zero-order valence-electron chi connectivity index (χ0n) is 6.04. The second kappa shape index (κ2) is 4.38. The first kappa shape index (κ1) is 9.55. The summed E-state index contributed by atoms with van der Waals surface area (Å²) in [5, 5.41) is 24.9. The summed E-state index contributed by atoms with van der Waals surface area (Å²) in [7, 11) is 0. The third kappa shape index (κ3) is 3.55. The highest BCUT2D eigenvalue weighted by Crippen LogP contribution is 1.97. The lowest BCUT2D eigenvalue weighted by Crippen LogP contribution is -2.28. The van der Waals surface area contributed by atoms with Crippen LogP contribution in [0.15, 0.2) is 0 Å². The summed E-state index contributed by atoms with van der Waals surface area (Å²) in [6.07, 6.45) is -1.39. The van der Waals surface area contributed by atoms with Crippen LogP contribution in [0.5, 0.6) is 0 Å². The molecule has 0 saturated carbocycles. The second-order valence-electron chi connectivity index (χ2n) is 2.32. The van der Waals surface area contributed by atoms with E-state index in [0.29, 0.717) is 0 Å². The van der Waals surface area contributed by atoms with Gasteiger partial charge < -0.3 is 21.4 Å². The molecular formula is C6H14N2O2. The number of nitrogens with two attached hydrogens (primary N) is 1. The molecule has 0 aliphatic rings. The molecule has 0 aromatic rings. The van der Waals surface area contributed by atoms with Crippen molar-refractivity contribution in [2.75, 3.05) is 6.54 Å². The lowest BCUT2D eigenvalue weighted by atomic mass is 10.1. The van der Waals surface area contributed by atoms with Crippen LogP contribution in [-0.2, 0) is 0 Å². The molecule has 2 atom stereocenters. The molecule has 1 unspecified atom stereocenters. The first-order valence-electron chi connectivity index (χ1n) is 3.19. The van der Waals surface area contributed by atoms with Crippen molar-refractivity contribution in [2.45, 2.75) is 25.6 Å². The molecule has 10 heavy (non-hydrogen) atoms. The average molecular weight is 146 g/mol. The van der Waals surface area contributed by atoms with E-state index in [1.807, 2.05) is 0 Å². The lowest BCUT2D eigenvalue weighted by Gasteiger charge is -2.12. The van der Waals surface area contributed by atoms with Gasteiger partial charge in [0.1, 0.15) is 0 Å². The molecular weight excluding hydrogens is 132 g/mol. The van der Waals surface area contributed by atoms with E-state index in [1.54, 1.807) is 0 Å². The molecule has 0 aromatic carbocycles. The molecule has 0 aliphatic heterocycles. The normalized spacial score (nSPS) is 16.4. The number of hydrogen-bond donors (Lipinski definition) is 4. The highest BCUT2D eigenvalue weighted by Gasteiger charge is 2.11. The molecule has 4 nitrogen and oxygen atoms in total. The largest absolute Gasteiger partial charge is 0.392 e. The van der Waals surface area contributed by atoms with Gasteiger partial charge in [0, 0.05) is 18.7 Å². The van der Waals surface area contributed by atoms with Crippen LogP contribution in [0, 0.1) is 5.41 Å². The van der Waals surface area contributed by atoms with Gasteiger partial charge in [-0.1, -0.05) is 0 Å². The fraction of sp³-hybridized carbons (Fsp3) is 0.833. The summed E-state index contributed by atoms with van der Waals surface area (Å²) < 4.78 is 0. The molecule has 4 heteroatoms. The SMILES string of the molecule is CC(=N)[C@@H](O)CC(O)CN. The van der Waals surface area contributed by atoms with Gasteiger partial charge in [0.25, 0.3) is 0 Å². The van der Waals surface area contributed by atoms with Gasteiger partial charge in [-0.3, -0.25) is 0 Å². The predicted octanol–water partition coefficient (Wildman–Crippen LogP) is -0.903. The Balaban J connectivity index is 3.56. The Labute approximate surface area is 60.2 Å². The number of aliphatic hydroxyl groups excluding tert-OH is 2. The Hall–Kier alpha value is -0.450. The standard InChI is InChI=1S/C6H14N2O2/c1-4(8)6(10)2-5(9)3-7/h5-6,8-10H,2-3,7H2,1H3/t5?,6-/m0/s1. The van der Waals surface area contributed by atoms with E-state index in [1.165, 1.54) is 6.92 Å². The van der Waals surface area contributed by atoms with Crippen LogP contribution >= 0.6 is 0 Å². The topological polar surface area (TPSA) is 90.3 Å². The number of hydrogen-bond acceptors (Lipinski definition) is 4. The molecule has 0 aliphatic carbocycles. The fourth-order valence-corrected chi connectivity index (χ4v) is 0.531. The Bertz CT molecular complexity index is 116. The van der Waals surface area contributed by atoms with Crippen LogP contribution in [0.3, 0.4) is 0 Å². The van der Waals surface area contributed by atoms with Crippen molar-refractivity contribution < 1.29 is 10.2 Å². The Morgan fingerprint density at radius 1 is 1.60 bits per heavy atom. The van der Waals surface area contributed by atoms with Crippen molar-refractivity contribution >= 4 is 5.71 Å². The van der Waals surface area contributed by atoms with Gasteiger partial charge in [-0.2, -0.15) is 0 Å². The predicted molar refractivity (Wildman–Crippen MR) is 39.1 cm³/mol. The van der Waals surface area contributed by atoms with Crippen LogP contribution in [0.25, 0.3) is 0 Å². The van der Waals surface area contributed by atoms with Gasteiger partial charge in [0.05, 0.1) is 12.2 Å². The maximum atomic E-state index is 8.99. The summed E-state index contributed by atoms with van der Waals surface area (Å²) in [6, 6.07) is 0. The molecule has 0 radical (unpaired) electrons. The van der Waals surface area contributed by atoms with Gasteiger partial charge >= 0.3 is 0 Å². The Morgan fingerprint density at radius 3 is 2.40 bits per heavy atom. The summed E-state index contributed by atoms with van der Waals surface area (Å²) in [5.74, 6) is 0. The molecule has 60 valence electrons. The van der Waals surface area contributed by atoms with Gasteiger partial charge in [-0.25, -0.2) is 0 Å².